The van der Waals surface area contributed by atoms with E-state index in [1.807, 2.05) is 13.0 Å². The van der Waals surface area contributed by atoms with Crippen LogP contribution in [0.1, 0.15) is 63.5 Å². The average Bonchev–Trinajstić information content (AvgIpc) is 2.77. The molecule has 2 fully saturated rings. The van der Waals surface area contributed by atoms with Crippen molar-refractivity contribution in [2.24, 2.45) is 0 Å². The van der Waals surface area contributed by atoms with Crippen LogP contribution in [0.25, 0.3) is 5.70 Å². The first-order valence-electron chi connectivity index (χ1n) is 11.3. The zero-order valence-electron chi connectivity index (χ0n) is 19.0. The maximum atomic E-state index is 6.37. The molecule has 2 aliphatic rings. The summed E-state index contributed by atoms with van der Waals surface area (Å²) in [6, 6.07) is 6.54. The third-order valence-corrected chi connectivity index (χ3v) is 6.51. The summed E-state index contributed by atoms with van der Waals surface area (Å²) in [5.41, 5.74) is 4.66. The Morgan fingerprint density at radius 2 is 2.03 bits per heavy atom. The minimum absolute atomic E-state index is 0.0666. The molecule has 0 aliphatic carbocycles. The van der Waals surface area contributed by atoms with E-state index in [9.17, 15) is 0 Å². The number of likely N-dealkylation sites (tertiary alicyclic amines) is 1. The first kappa shape index (κ1) is 22.3. The van der Waals surface area contributed by atoms with Gasteiger partial charge in [0.2, 0.25) is 0 Å². The molecule has 162 valence electrons. The highest BCUT2D eigenvalue weighted by atomic mass is 16.5. The van der Waals surface area contributed by atoms with Crippen molar-refractivity contribution in [3.05, 3.63) is 72.0 Å². The van der Waals surface area contributed by atoms with Crippen LogP contribution in [-0.4, -0.2) is 30.7 Å². The molecule has 3 heteroatoms. The number of hydrogen-bond acceptors (Lipinski definition) is 3. The minimum atomic E-state index is -0.0666. The Morgan fingerprint density at radius 1 is 1.27 bits per heavy atom. The monoisotopic (exact) mass is 407 g/mol. The molecular formula is C27H37NO2. The third kappa shape index (κ3) is 5.00. The second-order valence-corrected chi connectivity index (χ2v) is 8.49. The highest BCUT2D eigenvalue weighted by Crippen LogP contribution is 2.42. The van der Waals surface area contributed by atoms with E-state index in [1.54, 1.807) is 7.11 Å². The largest absolute Gasteiger partial charge is 0.496 e. The number of rotatable bonds is 7. The molecule has 2 aliphatic heterocycles. The predicted octanol–water partition coefficient (Wildman–Crippen LogP) is 6.67. The Morgan fingerprint density at radius 3 is 2.67 bits per heavy atom. The summed E-state index contributed by atoms with van der Waals surface area (Å²) in [6.45, 7) is 14.7. The summed E-state index contributed by atoms with van der Waals surface area (Å²) < 4.78 is 12.0. The van der Waals surface area contributed by atoms with Crippen molar-refractivity contribution < 1.29 is 9.47 Å². The van der Waals surface area contributed by atoms with E-state index in [-0.39, 0.29) is 5.60 Å². The smallest absolute Gasteiger partial charge is 0.122 e. The number of allylic oxidation sites excluding steroid dienone is 4. The van der Waals surface area contributed by atoms with Crippen LogP contribution in [-0.2, 0) is 11.2 Å². The molecule has 2 saturated heterocycles. The summed E-state index contributed by atoms with van der Waals surface area (Å²) in [5, 5.41) is 0. The van der Waals surface area contributed by atoms with Crippen molar-refractivity contribution in [2.45, 2.75) is 64.4 Å². The number of nitrogens with zero attached hydrogens (tertiary/aromatic N) is 1. The summed E-state index contributed by atoms with van der Waals surface area (Å²) in [6.07, 6.45) is 13.8. The van der Waals surface area contributed by atoms with Gasteiger partial charge >= 0.3 is 0 Å². The second-order valence-electron chi connectivity index (χ2n) is 8.49. The number of benzene rings is 1. The van der Waals surface area contributed by atoms with Gasteiger partial charge in [-0.25, -0.2) is 0 Å². The molecule has 0 aromatic heterocycles. The van der Waals surface area contributed by atoms with Crippen LogP contribution in [0.4, 0.5) is 0 Å². The maximum absolute atomic E-state index is 6.37. The van der Waals surface area contributed by atoms with Crippen molar-refractivity contribution in [2.75, 3.05) is 20.2 Å². The van der Waals surface area contributed by atoms with E-state index in [0.29, 0.717) is 0 Å². The van der Waals surface area contributed by atoms with E-state index in [2.05, 4.69) is 55.3 Å². The Labute approximate surface area is 182 Å². The zero-order chi connectivity index (χ0) is 21.6. The van der Waals surface area contributed by atoms with Gasteiger partial charge in [0, 0.05) is 37.2 Å². The lowest BCUT2D eigenvalue weighted by atomic mass is 9.82. The lowest BCUT2D eigenvalue weighted by molar-refractivity contribution is -0.0534. The first-order chi connectivity index (χ1) is 14.5. The molecule has 3 nitrogen and oxygen atoms in total. The molecule has 0 atom stereocenters. The number of piperidine rings is 1. The van der Waals surface area contributed by atoms with Crippen molar-refractivity contribution in [3.63, 3.8) is 0 Å². The molecule has 0 N–H and O–H groups in total. The summed E-state index contributed by atoms with van der Waals surface area (Å²) in [7, 11) is 1.76. The van der Waals surface area contributed by atoms with Crippen LogP contribution in [0.15, 0.2) is 60.9 Å². The first-order valence-corrected chi connectivity index (χ1v) is 11.3. The van der Waals surface area contributed by atoms with E-state index in [4.69, 9.17) is 9.47 Å². The molecule has 0 bridgehead atoms. The molecule has 0 saturated carbocycles. The van der Waals surface area contributed by atoms with Crippen LogP contribution in [0.3, 0.4) is 0 Å². The highest BCUT2D eigenvalue weighted by Gasteiger charge is 2.40. The van der Waals surface area contributed by atoms with Gasteiger partial charge in [-0.1, -0.05) is 56.9 Å². The Balaban J connectivity index is 1.62. The number of unbranched alkanes of at least 4 members (excludes halogenated alkanes) is 1. The van der Waals surface area contributed by atoms with Gasteiger partial charge in [0.15, 0.2) is 0 Å². The highest BCUT2D eigenvalue weighted by molar-refractivity contribution is 5.64. The molecule has 0 unspecified atom stereocenters. The number of methoxy groups -OCH3 is 1. The number of aryl methyl sites for hydroxylation is 1. The van der Waals surface area contributed by atoms with Crippen LogP contribution < -0.4 is 4.74 Å². The maximum Gasteiger partial charge on any atom is 0.122 e. The number of ether oxygens (including phenoxy) is 2. The normalized spacial score (nSPS) is 20.0. The van der Waals surface area contributed by atoms with Crippen LogP contribution in [0.5, 0.6) is 5.75 Å². The topological polar surface area (TPSA) is 21.7 Å². The molecule has 1 aromatic rings. The molecular weight excluding hydrogens is 370 g/mol. The van der Waals surface area contributed by atoms with Crippen LogP contribution in [0.2, 0.25) is 0 Å². The zero-order valence-corrected chi connectivity index (χ0v) is 19.0. The van der Waals surface area contributed by atoms with E-state index in [0.717, 1.165) is 68.0 Å². The quantitative estimate of drug-likeness (QED) is 0.504. The second kappa shape index (κ2) is 10.1. The fourth-order valence-corrected chi connectivity index (χ4v) is 4.49. The molecule has 1 spiro atoms. The number of hydrogen-bond donors (Lipinski definition) is 0. The average molecular weight is 408 g/mol. The van der Waals surface area contributed by atoms with Gasteiger partial charge in [-0.3, -0.25) is 0 Å². The molecule has 30 heavy (non-hydrogen) atoms. The Hall–Kier alpha value is -2.42. The van der Waals surface area contributed by atoms with Crippen molar-refractivity contribution in [3.8, 4) is 5.75 Å². The summed E-state index contributed by atoms with van der Waals surface area (Å²) in [5.74, 6) is 1.82. The lowest BCUT2D eigenvalue weighted by Crippen LogP contribution is -2.46. The predicted molar refractivity (Wildman–Crippen MR) is 127 cm³/mol. The third-order valence-electron chi connectivity index (χ3n) is 6.51. The molecule has 2 heterocycles. The van der Waals surface area contributed by atoms with Crippen LogP contribution >= 0.6 is 0 Å². The Bertz CT molecular complexity index is 825. The van der Waals surface area contributed by atoms with E-state index in [1.165, 1.54) is 24.0 Å². The Kier molecular flexibility index (Phi) is 7.47. The van der Waals surface area contributed by atoms with Crippen LogP contribution in [0, 0.1) is 0 Å². The van der Waals surface area contributed by atoms with Crippen molar-refractivity contribution in [1.29, 1.82) is 0 Å². The summed E-state index contributed by atoms with van der Waals surface area (Å²) in [4.78, 5) is 2.39. The summed E-state index contributed by atoms with van der Waals surface area (Å²) >= 11 is 0. The van der Waals surface area contributed by atoms with E-state index < -0.39 is 0 Å². The SMILES string of the molecule is C=C1OC2(CC/C1=C/C=C\C)CCN(C(=C)c1ccc(CCCC)c(OC)c1)CC2. The van der Waals surface area contributed by atoms with Crippen molar-refractivity contribution >= 4 is 5.70 Å². The van der Waals surface area contributed by atoms with Gasteiger partial charge in [-0.2, -0.15) is 0 Å². The fraction of sp³-hybridized carbons (Fsp3) is 0.481. The van der Waals surface area contributed by atoms with Gasteiger partial charge in [-0.05, 0) is 49.8 Å². The minimum Gasteiger partial charge on any atom is -0.496 e. The van der Waals surface area contributed by atoms with Gasteiger partial charge < -0.3 is 14.4 Å². The fourth-order valence-electron chi connectivity index (χ4n) is 4.49. The lowest BCUT2D eigenvalue weighted by Gasteiger charge is -2.46. The van der Waals surface area contributed by atoms with Gasteiger partial charge in [-0.15, -0.1) is 0 Å². The van der Waals surface area contributed by atoms with Gasteiger partial charge in [0.1, 0.15) is 17.1 Å². The van der Waals surface area contributed by atoms with E-state index >= 15 is 0 Å². The van der Waals surface area contributed by atoms with Crippen molar-refractivity contribution in [1.82, 2.24) is 4.90 Å². The molecule has 3 rings (SSSR count). The standard InChI is InChI=1S/C27H37NO2/c1-6-8-10-23-14-15-27(30-22(23)4)16-18-28(19-17-27)21(3)25-13-12-24(11-9-7-2)26(20-25)29-5/h6,8,10,12-13,20H,3-4,7,9,11,14-19H2,1-2,5H3/b8-6-,23-10-. The van der Waals surface area contributed by atoms with Gasteiger partial charge in [0.25, 0.3) is 0 Å². The molecule has 1 aromatic carbocycles. The molecule has 0 radical (unpaired) electrons. The molecule has 0 amide bonds. The van der Waals surface area contributed by atoms with Gasteiger partial charge in [0.05, 0.1) is 7.11 Å².